The molecule has 0 saturated carbocycles. The molecule has 2 aromatic carbocycles. The number of benzene rings is 2. The van der Waals surface area contributed by atoms with Crippen molar-refractivity contribution in [2.45, 2.75) is 26.6 Å². The van der Waals surface area contributed by atoms with Crippen LogP contribution in [0.15, 0.2) is 53.2 Å². The lowest BCUT2D eigenvalue weighted by Gasteiger charge is -2.08. The quantitative estimate of drug-likeness (QED) is 0.498. The van der Waals surface area contributed by atoms with E-state index in [9.17, 15) is 18.0 Å². The predicted molar refractivity (Wildman–Crippen MR) is 108 cm³/mol. The van der Waals surface area contributed by atoms with Crippen molar-refractivity contribution >= 4 is 16.8 Å². The van der Waals surface area contributed by atoms with E-state index in [0.717, 1.165) is 22.0 Å². The zero-order chi connectivity index (χ0) is 22.2. The fourth-order valence-electron chi connectivity index (χ4n) is 3.35. The van der Waals surface area contributed by atoms with E-state index >= 15 is 0 Å². The number of carbonyl (C=O) groups is 1. The van der Waals surface area contributed by atoms with Crippen LogP contribution in [-0.4, -0.2) is 27.2 Å². The van der Waals surface area contributed by atoms with Gasteiger partial charge in [0.15, 0.2) is 0 Å². The third-order valence-electron chi connectivity index (χ3n) is 4.96. The van der Waals surface area contributed by atoms with Crippen LogP contribution in [0.5, 0.6) is 0 Å². The van der Waals surface area contributed by atoms with Crippen molar-refractivity contribution in [2.75, 3.05) is 6.54 Å². The van der Waals surface area contributed by atoms with Crippen LogP contribution >= 0.6 is 0 Å². The first-order valence-electron chi connectivity index (χ1n) is 9.58. The van der Waals surface area contributed by atoms with E-state index in [-0.39, 0.29) is 11.7 Å². The van der Waals surface area contributed by atoms with Crippen LogP contribution in [0.2, 0.25) is 0 Å². The number of hydrogen-bond donors (Lipinski definition) is 1. The standard InChI is InChI=1S/C22H19F3N4O2/c1-13-3-5-15(6-4-13)20(30)26-9-10-29-12-14(2)17-11-16(7-8-18(17)29)19-27-21(31-28-19)22(23,24)25/h3-8,11-12H,9-10H2,1-2H3,(H,26,30). The third-order valence-corrected chi connectivity index (χ3v) is 4.96. The minimum Gasteiger partial charge on any atom is -0.350 e. The molecular weight excluding hydrogens is 409 g/mol. The molecule has 160 valence electrons. The minimum atomic E-state index is -4.68. The molecule has 0 radical (unpaired) electrons. The first-order chi connectivity index (χ1) is 14.7. The lowest BCUT2D eigenvalue weighted by atomic mass is 10.1. The maximum Gasteiger partial charge on any atom is 0.471 e. The number of rotatable bonds is 5. The van der Waals surface area contributed by atoms with Gasteiger partial charge in [-0.1, -0.05) is 22.9 Å². The number of nitrogens with zero attached hydrogens (tertiary/aromatic N) is 3. The van der Waals surface area contributed by atoms with Crippen molar-refractivity contribution in [3.8, 4) is 11.4 Å². The summed E-state index contributed by atoms with van der Waals surface area (Å²) in [6.07, 6.45) is -2.75. The molecule has 0 fully saturated rings. The van der Waals surface area contributed by atoms with E-state index < -0.39 is 12.1 Å². The molecule has 31 heavy (non-hydrogen) atoms. The van der Waals surface area contributed by atoms with Crippen LogP contribution in [-0.2, 0) is 12.7 Å². The van der Waals surface area contributed by atoms with Gasteiger partial charge < -0.3 is 14.4 Å². The van der Waals surface area contributed by atoms with Gasteiger partial charge in [0.05, 0.1) is 0 Å². The fraction of sp³-hybridized carbons (Fsp3) is 0.227. The van der Waals surface area contributed by atoms with E-state index in [0.29, 0.717) is 24.2 Å². The lowest BCUT2D eigenvalue weighted by Crippen LogP contribution is -2.27. The van der Waals surface area contributed by atoms with Gasteiger partial charge in [-0.25, -0.2) is 0 Å². The predicted octanol–water partition coefficient (Wildman–Crippen LogP) is 4.76. The van der Waals surface area contributed by atoms with E-state index in [1.807, 2.05) is 36.7 Å². The summed E-state index contributed by atoms with van der Waals surface area (Å²) >= 11 is 0. The van der Waals surface area contributed by atoms with Crippen molar-refractivity contribution in [1.29, 1.82) is 0 Å². The Labute approximate surface area is 175 Å². The summed E-state index contributed by atoms with van der Waals surface area (Å²) in [5.74, 6) is -1.64. The summed E-state index contributed by atoms with van der Waals surface area (Å²) in [7, 11) is 0. The van der Waals surface area contributed by atoms with Gasteiger partial charge >= 0.3 is 12.1 Å². The number of halogens is 3. The number of amides is 1. The van der Waals surface area contributed by atoms with Crippen molar-refractivity contribution in [1.82, 2.24) is 20.0 Å². The Hall–Kier alpha value is -3.62. The van der Waals surface area contributed by atoms with Gasteiger partial charge in [-0.15, -0.1) is 0 Å². The third kappa shape index (κ3) is 4.30. The molecule has 0 aliphatic carbocycles. The van der Waals surface area contributed by atoms with Crippen LogP contribution in [0.4, 0.5) is 13.2 Å². The number of hydrogen-bond acceptors (Lipinski definition) is 4. The molecular formula is C22H19F3N4O2. The molecule has 0 bridgehead atoms. The first-order valence-corrected chi connectivity index (χ1v) is 9.58. The molecule has 0 saturated heterocycles. The number of carbonyl (C=O) groups excluding carboxylic acids is 1. The molecule has 4 rings (SSSR count). The maximum absolute atomic E-state index is 12.7. The van der Waals surface area contributed by atoms with Gasteiger partial charge in [0, 0.05) is 41.3 Å². The number of fused-ring (bicyclic) bond motifs is 1. The topological polar surface area (TPSA) is 73.0 Å². The lowest BCUT2D eigenvalue weighted by molar-refractivity contribution is -0.159. The molecule has 0 spiro atoms. The van der Waals surface area contributed by atoms with Crippen molar-refractivity contribution in [2.24, 2.45) is 0 Å². The number of alkyl halides is 3. The molecule has 1 amide bonds. The highest BCUT2D eigenvalue weighted by Gasteiger charge is 2.38. The molecule has 6 nitrogen and oxygen atoms in total. The molecule has 0 atom stereocenters. The zero-order valence-corrected chi connectivity index (χ0v) is 16.8. The zero-order valence-electron chi connectivity index (χ0n) is 16.8. The van der Waals surface area contributed by atoms with Crippen molar-refractivity contribution in [3.05, 3.63) is 71.2 Å². The average molecular weight is 428 g/mol. The molecule has 4 aromatic rings. The fourth-order valence-corrected chi connectivity index (χ4v) is 3.35. The molecule has 9 heteroatoms. The smallest absolute Gasteiger partial charge is 0.350 e. The first kappa shape index (κ1) is 20.6. The van der Waals surface area contributed by atoms with Crippen LogP contribution in [0.3, 0.4) is 0 Å². The van der Waals surface area contributed by atoms with Gasteiger partial charge in [0.1, 0.15) is 0 Å². The van der Waals surface area contributed by atoms with Gasteiger partial charge in [0.25, 0.3) is 5.91 Å². The Balaban J connectivity index is 1.49. The van der Waals surface area contributed by atoms with Gasteiger partial charge in [-0.05, 0) is 49.7 Å². The van der Waals surface area contributed by atoms with Crippen LogP contribution in [0, 0.1) is 13.8 Å². The Morgan fingerprint density at radius 2 is 1.87 bits per heavy atom. The highest BCUT2D eigenvalue weighted by atomic mass is 19.4. The average Bonchev–Trinajstić information content (AvgIpc) is 3.34. The Morgan fingerprint density at radius 1 is 1.13 bits per heavy atom. The Bertz CT molecular complexity index is 1240. The number of nitrogens with one attached hydrogen (secondary N) is 1. The second-order valence-corrected chi connectivity index (χ2v) is 7.28. The summed E-state index contributed by atoms with van der Waals surface area (Å²) in [5, 5.41) is 7.20. The molecule has 2 aromatic heterocycles. The summed E-state index contributed by atoms with van der Waals surface area (Å²) in [4.78, 5) is 15.7. The van der Waals surface area contributed by atoms with E-state index in [2.05, 4.69) is 20.0 Å². The largest absolute Gasteiger partial charge is 0.471 e. The molecule has 0 unspecified atom stereocenters. The van der Waals surface area contributed by atoms with Gasteiger partial charge in [0.2, 0.25) is 5.82 Å². The molecule has 1 N–H and O–H groups in total. The summed E-state index contributed by atoms with van der Waals surface area (Å²) in [6.45, 7) is 4.84. The Kier molecular flexibility index (Phi) is 5.26. The van der Waals surface area contributed by atoms with Crippen LogP contribution in [0.1, 0.15) is 27.4 Å². The van der Waals surface area contributed by atoms with Gasteiger partial charge in [-0.2, -0.15) is 18.2 Å². The van der Waals surface area contributed by atoms with Crippen molar-refractivity contribution < 1.29 is 22.5 Å². The highest BCUT2D eigenvalue weighted by molar-refractivity contribution is 5.94. The molecule has 0 aliphatic rings. The second-order valence-electron chi connectivity index (χ2n) is 7.28. The van der Waals surface area contributed by atoms with Crippen LogP contribution < -0.4 is 5.32 Å². The van der Waals surface area contributed by atoms with Crippen LogP contribution in [0.25, 0.3) is 22.3 Å². The summed E-state index contributed by atoms with van der Waals surface area (Å²) in [5.41, 5.74) is 3.95. The van der Waals surface area contributed by atoms with Gasteiger partial charge in [-0.3, -0.25) is 4.79 Å². The molecule has 0 aliphatic heterocycles. The minimum absolute atomic E-state index is 0.119. The monoisotopic (exact) mass is 428 g/mol. The molecule has 2 heterocycles. The SMILES string of the molecule is Cc1ccc(C(=O)NCCn2cc(C)c3cc(-c4noc(C(F)(F)F)n4)ccc32)cc1. The maximum atomic E-state index is 12.7. The summed E-state index contributed by atoms with van der Waals surface area (Å²) < 4.78 is 44.4. The van der Waals surface area contributed by atoms with Crippen molar-refractivity contribution in [3.63, 3.8) is 0 Å². The van der Waals surface area contributed by atoms with E-state index in [1.54, 1.807) is 30.3 Å². The summed E-state index contributed by atoms with van der Waals surface area (Å²) in [6, 6.07) is 12.5. The number of aryl methyl sites for hydroxylation is 2. The second kappa shape index (κ2) is 7.90. The Morgan fingerprint density at radius 3 is 2.55 bits per heavy atom. The van der Waals surface area contributed by atoms with E-state index in [1.165, 1.54) is 0 Å². The number of aromatic nitrogens is 3. The normalized spacial score (nSPS) is 11.8. The highest BCUT2D eigenvalue weighted by Crippen LogP contribution is 2.31. The van der Waals surface area contributed by atoms with E-state index in [4.69, 9.17) is 0 Å².